The average Bonchev–Trinajstić information content (AvgIpc) is 2.40. The molecule has 0 spiro atoms. The predicted molar refractivity (Wildman–Crippen MR) is 74.0 cm³/mol. The quantitative estimate of drug-likeness (QED) is 0.859. The van der Waals surface area contributed by atoms with Crippen LogP contribution in [0.15, 0.2) is 24.3 Å². The number of hydrogen-bond acceptors (Lipinski definition) is 2. The lowest BCUT2D eigenvalue weighted by Gasteiger charge is -2.22. The molecule has 0 unspecified atom stereocenters. The van der Waals surface area contributed by atoms with Gasteiger partial charge in [-0.25, -0.2) is 4.79 Å². The molecule has 3 amide bonds. The minimum atomic E-state index is -0.391. The highest BCUT2D eigenvalue weighted by atomic mass is 16.2. The first-order valence-electron chi connectivity index (χ1n) is 6.83. The first-order valence-corrected chi connectivity index (χ1v) is 6.83. The molecular formula is C15H20N2O2. The molecule has 4 nitrogen and oxygen atoms in total. The van der Waals surface area contributed by atoms with Crippen molar-refractivity contribution >= 4 is 11.9 Å². The first-order chi connectivity index (χ1) is 9.15. The van der Waals surface area contributed by atoms with Crippen LogP contribution in [0.2, 0.25) is 0 Å². The molecule has 19 heavy (non-hydrogen) atoms. The van der Waals surface area contributed by atoms with Gasteiger partial charge in [0, 0.05) is 11.6 Å². The number of benzene rings is 1. The lowest BCUT2D eigenvalue weighted by atomic mass is 9.96. The average molecular weight is 260 g/mol. The number of nitrogens with one attached hydrogen (secondary N) is 2. The van der Waals surface area contributed by atoms with Crippen molar-refractivity contribution < 1.29 is 9.59 Å². The Morgan fingerprint density at radius 2 is 1.68 bits per heavy atom. The van der Waals surface area contributed by atoms with Crippen LogP contribution in [0.3, 0.4) is 0 Å². The second-order valence-corrected chi connectivity index (χ2v) is 5.13. The molecule has 1 aliphatic carbocycles. The molecule has 4 heteroatoms. The SMILES string of the molecule is Cc1ccc(C(=O)NC(=O)NC2CCCCC2)cc1. The maximum absolute atomic E-state index is 11.8. The van der Waals surface area contributed by atoms with E-state index in [1.54, 1.807) is 12.1 Å². The maximum atomic E-state index is 11.8. The summed E-state index contributed by atoms with van der Waals surface area (Å²) in [5.74, 6) is -0.353. The second kappa shape index (κ2) is 6.36. The summed E-state index contributed by atoms with van der Waals surface area (Å²) in [6.07, 6.45) is 5.55. The summed E-state index contributed by atoms with van der Waals surface area (Å²) in [4.78, 5) is 23.6. The van der Waals surface area contributed by atoms with Crippen LogP contribution in [0.4, 0.5) is 4.79 Å². The Morgan fingerprint density at radius 1 is 1.05 bits per heavy atom. The van der Waals surface area contributed by atoms with Gasteiger partial charge in [-0.3, -0.25) is 10.1 Å². The van der Waals surface area contributed by atoms with Gasteiger partial charge in [-0.1, -0.05) is 37.0 Å². The van der Waals surface area contributed by atoms with Gasteiger partial charge in [0.2, 0.25) is 0 Å². The monoisotopic (exact) mass is 260 g/mol. The molecule has 0 atom stereocenters. The molecule has 0 saturated heterocycles. The molecular weight excluding hydrogens is 240 g/mol. The fraction of sp³-hybridized carbons (Fsp3) is 0.467. The largest absolute Gasteiger partial charge is 0.335 e. The number of imide groups is 1. The van der Waals surface area contributed by atoms with E-state index in [0.29, 0.717) is 5.56 Å². The smallest absolute Gasteiger partial charge is 0.321 e. The van der Waals surface area contributed by atoms with Crippen LogP contribution >= 0.6 is 0 Å². The van der Waals surface area contributed by atoms with Crippen molar-refractivity contribution in [2.75, 3.05) is 0 Å². The summed E-state index contributed by atoms with van der Waals surface area (Å²) in [5.41, 5.74) is 1.59. The van der Waals surface area contributed by atoms with Crippen LogP contribution in [0, 0.1) is 6.92 Å². The number of rotatable bonds is 2. The molecule has 0 heterocycles. The van der Waals surface area contributed by atoms with Crippen LogP contribution in [-0.2, 0) is 0 Å². The van der Waals surface area contributed by atoms with Crippen molar-refractivity contribution in [3.63, 3.8) is 0 Å². The molecule has 2 rings (SSSR count). The van der Waals surface area contributed by atoms with Gasteiger partial charge in [-0.15, -0.1) is 0 Å². The van der Waals surface area contributed by atoms with Gasteiger partial charge in [0.05, 0.1) is 0 Å². The number of urea groups is 1. The zero-order valence-electron chi connectivity index (χ0n) is 11.2. The lowest BCUT2D eigenvalue weighted by molar-refractivity contribution is 0.0963. The minimum Gasteiger partial charge on any atom is -0.335 e. The minimum absolute atomic E-state index is 0.208. The fourth-order valence-corrected chi connectivity index (χ4v) is 2.35. The Balaban J connectivity index is 1.84. The molecule has 1 aromatic carbocycles. The molecule has 0 radical (unpaired) electrons. The number of hydrogen-bond donors (Lipinski definition) is 2. The topological polar surface area (TPSA) is 58.2 Å². The Morgan fingerprint density at radius 3 is 2.32 bits per heavy atom. The zero-order valence-corrected chi connectivity index (χ0v) is 11.2. The first kappa shape index (κ1) is 13.6. The van der Waals surface area contributed by atoms with Crippen molar-refractivity contribution in [2.45, 2.75) is 45.1 Å². The fourth-order valence-electron chi connectivity index (χ4n) is 2.35. The van der Waals surface area contributed by atoms with Gasteiger partial charge in [-0.05, 0) is 31.9 Å². The summed E-state index contributed by atoms with van der Waals surface area (Å²) in [7, 11) is 0. The molecule has 0 aromatic heterocycles. The normalized spacial score (nSPS) is 15.8. The van der Waals surface area contributed by atoms with E-state index in [1.807, 2.05) is 19.1 Å². The van der Waals surface area contributed by atoms with Gasteiger partial charge in [-0.2, -0.15) is 0 Å². The van der Waals surface area contributed by atoms with Gasteiger partial charge >= 0.3 is 6.03 Å². The van der Waals surface area contributed by atoms with Crippen LogP contribution in [0.25, 0.3) is 0 Å². The standard InChI is InChI=1S/C15H20N2O2/c1-11-7-9-12(10-8-11)14(18)17-15(19)16-13-5-3-2-4-6-13/h7-10,13H,2-6H2,1H3,(H2,16,17,18,19). The molecule has 1 fully saturated rings. The Labute approximate surface area is 113 Å². The molecule has 1 aliphatic rings. The highest BCUT2D eigenvalue weighted by Gasteiger charge is 2.17. The summed E-state index contributed by atoms with van der Waals surface area (Å²) < 4.78 is 0. The van der Waals surface area contributed by atoms with Gasteiger partial charge < -0.3 is 5.32 Å². The molecule has 2 N–H and O–H groups in total. The number of amides is 3. The number of carbonyl (C=O) groups excluding carboxylic acids is 2. The third-order valence-corrected chi connectivity index (χ3v) is 3.48. The molecule has 102 valence electrons. The number of carbonyl (C=O) groups is 2. The van der Waals surface area contributed by atoms with E-state index in [4.69, 9.17) is 0 Å². The van der Waals surface area contributed by atoms with Crippen molar-refractivity contribution in [3.05, 3.63) is 35.4 Å². The van der Waals surface area contributed by atoms with E-state index in [-0.39, 0.29) is 11.9 Å². The Kier molecular flexibility index (Phi) is 4.55. The van der Waals surface area contributed by atoms with E-state index in [1.165, 1.54) is 6.42 Å². The summed E-state index contributed by atoms with van der Waals surface area (Å²) in [6.45, 7) is 1.96. The van der Waals surface area contributed by atoms with Crippen LogP contribution < -0.4 is 10.6 Å². The van der Waals surface area contributed by atoms with Crippen LogP contribution in [0.5, 0.6) is 0 Å². The molecule has 0 bridgehead atoms. The third-order valence-electron chi connectivity index (χ3n) is 3.48. The van der Waals surface area contributed by atoms with Crippen LogP contribution in [0.1, 0.15) is 48.0 Å². The van der Waals surface area contributed by atoms with Gasteiger partial charge in [0.15, 0.2) is 0 Å². The van der Waals surface area contributed by atoms with Crippen molar-refractivity contribution in [1.29, 1.82) is 0 Å². The van der Waals surface area contributed by atoms with Crippen LogP contribution in [-0.4, -0.2) is 18.0 Å². The molecule has 0 aliphatic heterocycles. The highest BCUT2D eigenvalue weighted by molar-refractivity contribution is 6.04. The van der Waals surface area contributed by atoms with E-state index in [9.17, 15) is 9.59 Å². The lowest BCUT2D eigenvalue weighted by Crippen LogP contribution is -2.45. The van der Waals surface area contributed by atoms with E-state index >= 15 is 0 Å². The zero-order chi connectivity index (χ0) is 13.7. The third kappa shape index (κ3) is 4.09. The summed E-state index contributed by atoms with van der Waals surface area (Å²) in [5, 5.41) is 5.23. The molecule has 1 aromatic rings. The Bertz CT molecular complexity index is 448. The maximum Gasteiger partial charge on any atom is 0.321 e. The summed E-state index contributed by atoms with van der Waals surface area (Å²) >= 11 is 0. The van der Waals surface area contributed by atoms with Gasteiger partial charge in [0.25, 0.3) is 5.91 Å². The second-order valence-electron chi connectivity index (χ2n) is 5.13. The predicted octanol–water partition coefficient (Wildman–Crippen LogP) is 2.77. The van der Waals surface area contributed by atoms with Crippen molar-refractivity contribution in [1.82, 2.24) is 10.6 Å². The van der Waals surface area contributed by atoms with Crippen molar-refractivity contribution in [2.24, 2.45) is 0 Å². The van der Waals surface area contributed by atoms with E-state index in [0.717, 1.165) is 31.2 Å². The highest BCUT2D eigenvalue weighted by Crippen LogP contribution is 2.17. The Hall–Kier alpha value is -1.84. The molecule has 1 saturated carbocycles. The van der Waals surface area contributed by atoms with Crippen molar-refractivity contribution in [3.8, 4) is 0 Å². The van der Waals surface area contributed by atoms with E-state index < -0.39 is 6.03 Å². The summed E-state index contributed by atoms with van der Waals surface area (Å²) in [6, 6.07) is 6.97. The van der Waals surface area contributed by atoms with Gasteiger partial charge in [0.1, 0.15) is 0 Å². The van der Waals surface area contributed by atoms with E-state index in [2.05, 4.69) is 10.6 Å². The number of aryl methyl sites for hydroxylation is 1.